The molecule has 1 heterocycles. The van der Waals surface area contributed by atoms with Crippen molar-refractivity contribution in [1.82, 2.24) is 63.8 Å². The highest BCUT2D eigenvalue weighted by Gasteiger charge is 2.42. The number of aliphatic carboxylic acids is 4. The Morgan fingerprint density at radius 2 is 1.01 bits per heavy atom. The van der Waals surface area contributed by atoms with Gasteiger partial charge in [-0.05, 0) is 55.0 Å². The summed E-state index contributed by atoms with van der Waals surface area (Å²) in [5, 5.41) is 76.3. The Morgan fingerprint density at radius 1 is 0.532 bits per heavy atom. The van der Waals surface area contributed by atoms with Crippen LogP contribution >= 0.6 is 0 Å². The van der Waals surface area contributed by atoms with Crippen LogP contribution in [0.15, 0.2) is 115 Å². The number of carbonyl (C=O) groups excluding carboxylic acids is 14. The number of anilines is 1. The van der Waals surface area contributed by atoms with E-state index in [1.165, 1.54) is 24.3 Å². The maximum Gasteiger partial charge on any atom is 0.329 e. The maximum atomic E-state index is 14.8. The van der Waals surface area contributed by atoms with Crippen molar-refractivity contribution in [2.45, 2.75) is 158 Å². The van der Waals surface area contributed by atoms with Gasteiger partial charge in [0.15, 0.2) is 5.78 Å². The van der Waals surface area contributed by atoms with Gasteiger partial charge in [-0.25, -0.2) is 4.79 Å². The Bertz CT molecular complexity index is 3900. The first-order valence-electron chi connectivity index (χ1n) is 34.1. The zero-order chi connectivity index (χ0) is 80.8. The number of amides is 12. The van der Waals surface area contributed by atoms with Gasteiger partial charge in [0.2, 0.25) is 70.9 Å². The molecule has 109 heavy (non-hydrogen) atoms. The number of benzene rings is 4. The van der Waals surface area contributed by atoms with Crippen molar-refractivity contribution < 1.29 is 117 Å². The summed E-state index contributed by atoms with van der Waals surface area (Å²) in [6.07, 6.45) is -8.37. The van der Waals surface area contributed by atoms with Gasteiger partial charge >= 0.3 is 29.8 Å². The smallest absolute Gasteiger partial charge is 0.329 e. The van der Waals surface area contributed by atoms with Gasteiger partial charge in [0.05, 0.1) is 57.8 Å². The van der Waals surface area contributed by atoms with Gasteiger partial charge < -0.3 is 106 Å². The number of hydrogen-bond donors (Lipinski definition) is 19. The molecule has 0 spiro atoms. The number of para-hydroxylation sites is 1. The number of ether oxygens (including phenoxy) is 1. The molecule has 1 saturated heterocycles. The monoisotopic (exact) mass is 1520 g/mol. The van der Waals surface area contributed by atoms with Crippen LogP contribution in [0, 0.1) is 5.92 Å². The second kappa shape index (κ2) is 41.8. The molecule has 4 aromatic rings. The zero-order valence-corrected chi connectivity index (χ0v) is 59.5. The molecule has 1 aliphatic rings. The molecular weight excluding hydrogens is 1430 g/mol. The third kappa shape index (κ3) is 26.4. The molecule has 12 amide bonds. The fourth-order valence-electron chi connectivity index (χ4n) is 11.2. The molecule has 5 rings (SSSR count). The molecule has 4 aromatic carbocycles. The number of hydrogen-bond acceptors (Lipinski definition) is 22. The molecule has 586 valence electrons. The quantitative estimate of drug-likeness (QED) is 0.0123. The lowest BCUT2D eigenvalue weighted by Gasteiger charge is -2.37. The number of Topliss-reactive ketones (excluding diaryl/α,β-unsaturated/α-hetero) is 1. The van der Waals surface area contributed by atoms with Crippen LogP contribution in [0.2, 0.25) is 0 Å². The van der Waals surface area contributed by atoms with E-state index in [-0.39, 0.29) is 24.1 Å². The van der Waals surface area contributed by atoms with Gasteiger partial charge in [-0.2, -0.15) is 0 Å². The number of unbranched alkanes of at least 4 members (excludes halogenated alkanes) is 1. The molecule has 0 saturated carbocycles. The standard InChI is InChI=1S/C71H88N14O24/c1-5-6-26-45-64(102)81-47(31-57(95)96)65(103)76-37(3)61(99)79-46(30-56(93)94)63(101)74-33-54(90)78-50(35-86)67(105)83-59(36(2)27-55(91)92)69(107)82-49(29-51(87)42-24-16-17-25-43(42)72)70(108)109-38(4)60(68(106)75-34-53(89)77-45)84-66(104)48(32-58(97)98)80-62(100)44(73)28-52(88)85-71(39-18-10-7-11-19-39,40-20-12-8-13-21-40)41-22-14-9-15-23-41/h7-25,36-38,44-50,59-60,86H,5-6,26-35,72-73H2,1-4H3,(H,74,101)(H,75,106)(H,76,103)(H,77,89)(H,78,90)(H,79,99)(H,80,100)(H,81,102)(H,82,107)(H,83,105)(H,84,104)(H,85,88)(H,91,92)(H,93,94)(H,95,96)(H,97,98). The number of aliphatic hydroxyl groups excluding tert-OH is 1. The minimum atomic E-state index is -2.36. The van der Waals surface area contributed by atoms with Crippen LogP contribution in [0.1, 0.15) is 113 Å². The predicted molar refractivity (Wildman–Crippen MR) is 379 cm³/mol. The van der Waals surface area contributed by atoms with E-state index < -0.39 is 243 Å². The molecule has 0 aliphatic carbocycles. The molecule has 12 unspecified atom stereocenters. The van der Waals surface area contributed by atoms with Crippen LogP contribution in [0.3, 0.4) is 0 Å². The Labute approximate surface area is 622 Å². The van der Waals surface area contributed by atoms with Crippen LogP contribution in [0.25, 0.3) is 0 Å². The van der Waals surface area contributed by atoms with Gasteiger partial charge in [-0.15, -0.1) is 0 Å². The topological polar surface area (TPSA) is 614 Å². The number of ketones is 1. The number of cyclic esters (lactones) is 1. The Balaban J connectivity index is 1.59. The van der Waals surface area contributed by atoms with E-state index in [4.69, 9.17) is 16.2 Å². The molecule has 0 aromatic heterocycles. The highest BCUT2D eigenvalue weighted by atomic mass is 16.5. The van der Waals surface area contributed by atoms with E-state index >= 15 is 0 Å². The van der Waals surface area contributed by atoms with Gasteiger partial charge in [-0.1, -0.05) is 130 Å². The molecule has 38 nitrogen and oxygen atoms in total. The maximum absolute atomic E-state index is 14.8. The number of carbonyl (C=O) groups is 18. The van der Waals surface area contributed by atoms with Crippen LogP contribution in [0.4, 0.5) is 5.69 Å². The fourth-order valence-corrected chi connectivity index (χ4v) is 11.2. The minimum absolute atomic E-state index is 0.152. The fraction of sp³-hybridized carbons (Fsp3) is 0.408. The van der Waals surface area contributed by atoms with Crippen molar-refractivity contribution in [3.8, 4) is 0 Å². The summed E-state index contributed by atoms with van der Waals surface area (Å²) in [4.78, 5) is 246. The van der Waals surface area contributed by atoms with Crippen molar-refractivity contribution in [2.24, 2.45) is 11.7 Å². The first kappa shape index (κ1) is 86.9. The molecule has 12 atom stereocenters. The number of nitrogen functional groups attached to an aromatic ring is 1. The van der Waals surface area contributed by atoms with Crippen molar-refractivity contribution in [2.75, 3.05) is 25.4 Å². The SMILES string of the molecule is CCCCC1NC(=O)CNC(=O)C(NC(=O)C(CC(=O)O)NC(=O)C(N)CC(=O)NC(c2ccccc2)(c2ccccc2)c2ccccc2)C(C)OC(=O)C(CC(=O)c2ccccc2N)NC(=O)C(C(C)CC(=O)O)NC(=O)C(CO)NC(=O)CNC(=O)C(CC(=O)O)NC(=O)C(C)NC(=O)C(CC(=O)O)NC1=O. The summed E-state index contributed by atoms with van der Waals surface area (Å²) in [7, 11) is 0. The van der Waals surface area contributed by atoms with Gasteiger partial charge in [0, 0.05) is 17.7 Å². The molecule has 1 aliphatic heterocycles. The summed E-state index contributed by atoms with van der Waals surface area (Å²) in [6, 6.07) is 11.1. The number of nitrogens with one attached hydrogen (secondary N) is 12. The van der Waals surface area contributed by atoms with E-state index in [1.54, 1.807) is 97.9 Å². The second-order valence-corrected chi connectivity index (χ2v) is 25.4. The number of aliphatic hydroxyl groups is 1. The highest BCUT2D eigenvalue weighted by Crippen LogP contribution is 2.37. The lowest BCUT2D eigenvalue weighted by Crippen LogP contribution is -2.61. The first-order chi connectivity index (χ1) is 51.6. The van der Waals surface area contributed by atoms with Crippen molar-refractivity contribution >= 4 is 112 Å². The van der Waals surface area contributed by atoms with Gasteiger partial charge in [0.25, 0.3) is 0 Å². The molecular formula is C71H88N14O24. The Kier molecular flexibility index (Phi) is 33.3. The molecule has 0 bridgehead atoms. The van der Waals surface area contributed by atoms with Crippen LogP contribution in [0.5, 0.6) is 0 Å². The average molecular weight is 1520 g/mol. The molecule has 0 radical (unpaired) electrons. The summed E-state index contributed by atoms with van der Waals surface area (Å²) < 4.78 is 5.69. The van der Waals surface area contributed by atoms with Crippen LogP contribution in [-0.2, 0) is 91.8 Å². The van der Waals surface area contributed by atoms with Gasteiger partial charge in [0.1, 0.15) is 66.0 Å². The number of carboxylic acids is 4. The number of nitrogens with two attached hydrogens (primary N) is 2. The summed E-state index contributed by atoms with van der Waals surface area (Å²) in [5.41, 5.74) is 12.3. The van der Waals surface area contributed by atoms with Crippen molar-refractivity contribution in [1.29, 1.82) is 0 Å². The lowest BCUT2D eigenvalue weighted by atomic mass is 9.77. The zero-order valence-electron chi connectivity index (χ0n) is 59.5. The molecule has 38 heteroatoms. The van der Waals surface area contributed by atoms with Crippen molar-refractivity contribution in [3.63, 3.8) is 0 Å². The van der Waals surface area contributed by atoms with E-state index in [0.717, 1.165) is 20.8 Å². The summed E-state index contributed by atoms with van der Waals surface area (Å²) in [5.74, 6) is -26.7. The van der Waals surface area contributed by atoms with E-state index in [2.05, 4.69) is 47.9 Å². The predicted octanol–water partition coefficient (Wildman–Crippen LogP) is -4.05. The largest absolute Gasteiger partial charge is 0.481 e. The van der Waals surface area contributed by atoms with E-state index in [1.807, 2.05) is 16.0 Å². The van der Waals surface area contributed by atoms with Gasteiger partial charge in [-0.3, -0.25) is 81.5 Å². The Morgan fingerprint density at radius 3 is 1.52 bits per heavy atom. The molecule has 1 fully saturated rings. The van der Waals surface area contributed by atoms with Crippen LogP contribution < -0.4 is 75.3 Å². The number of carboxylic acid groups (broad SMARTS) is 4. The summed E-state index contributed by atoms with van der Waals surface area (Å²) >= 11 is 0. The first-order valence-corrected chi connectivity index (χ1v) is 34.1. The van der Waals surface area contributed by atoms with Crippen LogP contribution in [-0.4, -0.2) is 218 Å². The number of rotatable bonds is 26. The highest BCUT2D eigenvalue weighted by molar-refractivity contribution is 6.05. The number of esters is 1. The second-order valence-electron chi connectivity index (χ2n) is 25.4. The lowest BCUT2D eigenvalue weighted by molar-refractivity contribution is -0.156. The third-order valence-corrected chi connectivity index (χ3v) is 16.9. The van der Waals surface area contributed by atoms with Crippen molar-refractivity contribution in [3.05, 3.63) is 138 Å². The minimum Gasteiger partial charge on any atom is -0.481 e. The summed E-state index contributed by atoms with van der Waals surface area (Å²) in [6.45, 7) is 1.10. The van der Waals surface area contributed by atoms with E-state index in [0.29, 0.717) is 23.1 Å². The average Bonchev–Trinajstić information content (AvgIpc) is 0.754. The Hall–Kier alpha value is -12.7. The normalized spacial score (nSPS) is 21.5. The van der Waals surface area contributed by atoms with E-state index in [9.17, 15) is 112 Å². The third-order valence-electron chi connectivity index (χ3n) is 16.9. The molecule has 21 N–H and O–H groups in total.